The van der Waals surface area contributed by atoms with E-state index in [4.69, 9.17) is 0 Å². The van der Waals surface area contributed by atoms with Gasteiger partial charge in [0.15, 0.2) is 0 Å². The van der Waals surface area contributed by atoms with Gasteiger partial charge in [0.05, 0.1) is 0 Å². The second-order valence-electron chi connectivity index (χ2n) is 6.00. The minimum absolute atomic E-state index is 0.0377. The molecule has 0 aliphatic carbocycles. The Morgan fingerprint density at radius 2 is 2.24 bits per heavy atom. The number of aryl methyl sites for hydroxylation is 1. The van der Waals surface area contributed by atoms with Crippen LogP contribution in [-0.4, -0.2) is 42.1 Å². The summed E-state index contributed by atoms with van der Waals surface area (Å²) in [7, 11) is 2.13. The van der Waals surface area contributed by atoms with E-state index in [2.05, 4.69) is 41.0 Å². The van der Waals surface area contributed by atoms with Crippen LogP contribution < -0.4 is 5.32 Å². The SMILES string of the molecule is CCn1ccc2cc(C(=O)NC[C@@H]3CCN(C)C3)ccc21. The highest BCUT2D eigenvalue weighted by Crippen LogP contribution is 2.18. The first-order valence-corrected chi connectivity index (χ1v) is 7.73. The van der Waals surface area contributed by atoms with Crippen LogP contribution in [-0.2, 0) is 6.54 Å². The molecule has 0 bridgehead atoms. The quantitative estimate of drug-likeness (QED) is 0.936. The first-order valence-electron chi connectivity index (χ1n) is 7.73. The number of aromatic nitrogens is 1. The molecule has 0 spiro atoms. The minimum Gasteiger partial charge on any atom is -0.352 e. The molecule has 1 aliphatic rings. The van der Waals surface area contributed by atoms with E-state index in [0.717, 1.165) is 37.1 Å². The number of amides is 1. The van der Waals surface area contributed by atoms with Gasteiger partial charge in [0.2, 0.25) is 0 Å². The van der Waals surface area contributed by atoms with Crippen LogP contribution >= 0.6 is 0 Å². The lowest BCUT2D eigenvalue weighted by Crippen LogP contribution is -2.30. The zero-order valence-corrected chi connectivity index (χ0v) is 12.8. The maximum Gasteiger partial charge on any atom is 0.251 e. The van der Waals surface area contributed by atoms with Crippen molar-refractivity contribution < 1.29 is 4.79 Å². The van der Waals surface area contributed by atoms with Crippen LogP contribution in [0.15, 0.2) is 30.5 Å². The fraction of sp³-hybridized carbons (Fsp3) is 0.471. The first kappa shape index (κ1) is 14.1. The number of likely N-dealkylation sites (tertiary alicyclic amines) is 1. The van der Waals surface area contributed by atoms with Crippen LogP contribution in [0, 0.1) is 5.92 Å². The Hall–Kier alpha value is -1.81. The Morgan fingerprint density at radius 3 is 2.95 bits per heavy atom. The van der Waals surface area contributed by atoms with Crippen molar-refractivity contribution in [2.75, 3.05) is 26.7 Å². The average molecular weight is 285 g/mol. The predicted octanol–water partition coefficient (Wildman–Crippen LogP) is 2.34. The van der Waals surface area contributed by atoms with Gasteiger partial charge in [-0.2, -0.15) is 0 Å². The van der Waals surface area contributed by atoms with E-state index < -0.39 is 0 Å². The summed E-state index contributed by atoms with van der Waals surface area (Å²) in [5.74, 6) is 0.625. The van der Waals surface area contributed by atoms with E-state index in [0.29, 0.717) is 5.92 Å². The van der Waals surface area contributed by atoms with Gasteiger partial charge in [-0.25, -0.2) is 0 Å². The second kappa shape index (κ2) is 5.90. The van der Waals surface area contributed by atoms with E-state index in [1.54, 1.807) is 0 Å². The molecule has 0 saturated carbocycles. The van der Waals surface area contributed by atoms with Crippen LogP contribution in [0.2, 0.25) is 0 Å². The number of fused-ring (bicyclic) bond motifs is 1. The molecule has 1 aromatic carbocycles. The molecule has 0 unspecified atom stereocenters. The lowest BCUT2D eigenvalue weighted by atomic mass is 10.1. The molecule has 3 rings (SSSR count). The molecule has 1 saturated heterocycles. The summed E-state index contributed by atoms with van der Waals surface area (Å²) in [5, 5.41) is 4.20. The normalized spacial score (nSPS) is 19.2. The van der Waals surface area contributed by atoms with Crippen LogP contribution in [0.25, 0.3) is 10.9 Å². The molecule has 1 aromatic heterocycles. The van der Waals surface area contributed by atoms with Crippen molar-refractivity contribution in [3.63, 3.8) is 0 Å². The fourth-order valence-electron chi connectivity index (χ4n) is 3.15. The number of hydrogen-bond donors (Lipinski definition) is 1. The van der Waals surface area contributed by atoms with Crippen LogP contribution in [0.4, 0.5) is 0 Å². The number of nitrogens with one attached hydrogen (secondary N) is 1. The van der Waals surface area contributed by atoms with Gasteiger partial charge in [-0.3, -0.25) is 4.79 Å². The summed E-state index contributed by atoms with van der Waals surface area (Å²) in [5.41, 5.74) is 1.94. The molecule has 1 fully saturated rings. The average Bonchev–Trinajstić information content (AvgIpc) is 3.09. The number of nitrogens with zero attached hydrogens (tertiary/aromatic N) is 2. The van der Waals surface area contributed by atoms with Crippen molar-refractivity contribution in [1.29, 1.82) is 0 Å². The zero-order valence-electron chi connectivity index (χ0n) is 12.8. The number of benzene rings is 1. The highest BCUT2D eigenvalue weighted by Gasteiger charge is 2.20. The minimum atomic E-state index is 0.0377. The van der Waals surface area contributed by atoms with Gasteiger partial charge >= 0.3 is 0 Å². The maximum atomic E-state index is 12.3. The third-order valence-corrected chi connectivity index (χ3v) is 4.41. The fourth-order valence-corrected chi connectivity index (χ4v) is 3.15. The van der Waals surface area contributed by atoms with Crippen molar-refractivity contribution in [1.82, 2.24) is 14.8 Å². The topological polar surface area (TPSA) is 37.3 Å². The molecule has 2 aromatic rings. The van der Waals surface area contributed by atoms with Gasteiger partial charge < -0.3 is 14.8 Å². The number of hydrogen-bond acceptors (Lipinski definition) is 2. The molecule has 0 radical (unpaired) electrons. The van der Waals surface area contributed by atoms with E-state index in [9.17, 15) is 4.79 Å². The summed E-state index contributed by atoms with van der Waals surface area (Å²) in [6.45, 7) is 6.07. The molecule has 1 atom stereocenters. The molecule has 4 nitrogen and oxygen atoms in total. The van der Waals surface area contributed by atoms with E-state index in [-0.39, 0.29) is 5.91 Å². The molecule has 1 aliphatic heterocycles. The molecule has 4 heteroatoms. The Kier molecular flexibility index (Phi) is 3.97. The van der Waals surface area contributed by atoms with Crippen molar-refractivity contribution in [3.8, 4) is 0 Å². The molecule has 21 heavy (non-hydrogen) atoms. The molecule has 1 N–H and O–H groups in total. The molecule has 1 amide bonds. The van der Waals surface area contributed by atoms with Gasteiger partial charge in [0, 0.05) is 42.3 Å². The number of carbonyl (C=O) groups is 1. The van der Waals surface area contributed by atoms with Gasteiger partial charge in [0.25, 0.3) is 5.91 Å². The Labute approximate surface area is 125 Å². The van der Waals surface area contributed by atoms with E-state index in [1.807, 2.05) is 18.2 Å². The summed E-state index contributed by atoms with van der Waals surface area (Å²) in [4.78, 5) is 14.6. The highest BCUT2D eigenvalue weighted by molar-refractivity contribution is 5.98. The Balaban J connectivity index is 1.67. The molecular weight excluding hydrogens is 262 g/mol. The lowest BCUT2D eigenvalue weighted by Gasteiger charge is -2.12. The van der Waals surface area contributed by atoms with E-state index in [1.165, 1.54) is 11.9 Å². The van der Waals surface area contributed by atoms with Crippen LogP contribution in [0.1, 0.15) is 23.7 Å². The third kappa shape index (κ3) is 2.95. The van der Waals surface area contributed by atoms with Crippen LogP contribution in [0.3, 0.4) is 0 Å². The summed E-state index contributed by atoms with van der Waals surface area (Å²) in [6, 6.07) is 8.01. The standard InChI is InChI=1S/C17H23N3O/c1-3-20-9-7-14-10-15(4-5-16(14)20)17(21)18-11-13-6-8-19(2)12-13/h4-5,7,9-10,13H,3,6,8,11-12H2,1-2H3,(H,18,21)/t13-/m0/s1. The monoisotopic (exact) mass is 285 g/mol. The first-order chi connectivity index (χ1) is 10.2. The third-order valence-electron chi connectivity index (χ3n) is 4.41. The van der Waals surface area contributed by atoms with Gasteiger partial charge in [0.1, 0.15) is 0 Å². The highest BCUT2D eigenvalue weighted by atomic mass is 16.1. The number of rotatable bonds is 4. The molecular formula is C17H23N3O. The van der Waals surface area contributed by atoms with Gasteiger partial charge in [-0.15, -0.1) is 0 Å². The van der Waals surface area contributed by atoms with Crippen LogP contribution in [0.5, 0.6) is 0 Å². The smallest absolute Gasteiger partial charge is 0.251 e. The summed E-state index contributed by atoms with van der Waals surface area (Å²) >= 11 is 0. The second-order valence-corrected chi connectivity index (χ2v) is 6.00. The maximum absolute atomic E-state index is 12.3. The Bertz CT molecular complexity index is 647. The van der Waals surface area contributed by atoms with Gasteiger partial charge in [-0.1, -0.05) is 0 Å². The predicted molar refractivity (Wildman–Crippen MR) is 85.5 cm³/mol. The summed E-state index contributed by atoms with van der Waals surface area (Å²) < 4.78 is 2.19. The van der Waals surface area contributed by atoms with Crippen molar-refractivity contribution in [2.45, 2.75) is 19.9 Å². The largest absolute Gasteiger partial charge is 0.352 e. The Morgan fingerprint density at radius 1 is 1.38 bits per heavy atom. The lowest BCUT2D eigenvalue weighted by molar-refractivity contribution is 0.0947. The zero-order chi connectivity index (χ0) is 14.8. The van der Waals surface area contributed by atoms with Crippen molar-refractivity contribution >= 4 is 16.8 Å². The number of carbonyl (C=O) groups excluding carboxylic acids is 1. The van der Waals surface area contributed by atoms with E-state index >= 15 is 0 Å². The van der Waals surface area contributed by atoms with Crippen molar-refractivity contribution in [3.05, 3.63) is 36.0 Å². The van der Waals surface area contributed by atoms with Gasteiger partial charge in [-0.05, 0) is 57.1 Å². The molecule has 112 valence electrons. The summed E-state index contributed by atoms with van der Waals surface area (Å²) in [6.07, 6.45) is 3.25. The molecule has 2 heterocycles. The van der Waals surface area contributed by atoms with Crippen molar-refractivity contribution in [2.24, 2.45) is 5.92 Å².